The molecule has 0 heterocycles. The summed E-state index contributed by atoms with van der Waals surface area (Å²) < 4.78 is 53.8. The smallest absolute Gasteiger partial charge is 0.195 e. The second-order valence-corrected chi connectivity index (χ2v) is 4.71. The van der Waals surface area contributed by atoms with E-state index < -0.39 is 23.3 Å². The van der Waals surface area contributed by atoms with E-state index in [0.29, 0.717) is 12.1 Å². The van der Waals surface area contributed by atoms with Crippen LogP contribution < -0.4 is 5.32 Å². The Bertz CT molecular complexity index is 640. The van der Waals surface area contributed by atoms with E-state index in [2.05, 4.69) is 5.32 Å². The third-order valence-electron chi connectivity index (χ3n) is 3.11. The van der Waals surface area contributed by atoms with Crippen LogP contribution in [0.1, 0.15) is 18.9 Å². The van der Waals surface area contributed by atoms with Crippen LogP contribution in [0.5, 0.6) is 0 Å². The molecule has 5 heteroatoms. The molecule has 2 aromatic rings. The number of benzene rings is 2. The summed E-state index contributed by atoms with van der Waals surface area (Å²) in [5.74, 6) is -4.95. The minimum absolute atomic E-state index is 0.0920. The van der Waals surface area contributed by atoms with Crippen LogP contribution in [-0.2, 0) is 6.54 Å². The summed E-state index contributed by atoms with van der Waals surface area (Å²) >= 11 is 0. The maximum atomic E-state index is 14.0. The predicted molar refractivity (Wildman–Crippen MR) is 73.7 cm³/mol. The Morgan fingerprint density at radius 2 is 1.57 bits per heavy atom. The van der Waals surface area contributed by atoms with Crippen molar-refractivity contribution in [2.45, 2.75) is 19.9 Å². The van der Waals surface area contributed by atoms with Gasteiger partial charge in [-0.2, -0.15) is 0 Å². The van der Waals surface area contributed by atoms with E-state index in [1.807, 2.05) is 6.92 Å². The first-order valence-electron chi connectivity index (χ1n) is 6.67. The molecular formula is C16H15F4N. The summed E-state index contributed by atoms with van der Waals surface area (Å²) in [6.45, 7) is 3.31. The first-order chi connectivity index (χ1) is 10.0. The van der Waals surface area contributed by atoms with Crippen molar-refractivity contribution in [1.82, 2.24) is 5.32 Å². The Balaban J connectivity index is 2.31. The molecule has 0 unspecified atom stereocenters. The Morgan fingerprint density at radius 1 is 0.857 bits per heavy atom. The topological polar surface area (TPSA) is 12.0 Å². The lowest BCUT2D eigenvalue weighted by atomic mass is 10.0. The summed E-state index contributed by atoms with van der Waals surface area (Å²) in [5, 5.41) is 3.12. The quantitative estimate of drug-likeness (QED) is 0.490. The highest BCUT2D eigenvalue weighted by Crippen LogP contribution is 2.28. The zero-order chi connectivity index (χ0) is 15.4. The molecule has 2 rings (SSSR count). The van der Waals surface area contributed by atoms with Gasteiger partial charge in [-0.1, -0.05) is 19.1 Å². The molecule has 0 aliphatic carbocycles. The molecule has 0 radical (unpaired) electrons. The van der Waals surface area contributed by atoms with Gasteiger partial charge in [-0.05, 0) is 36.7 Å². The summed E-state index contributed by atoms with van der Waals surface area (Å²) in [7, 11) is 0. The minimum atomic E-state index is -1.60. The van der Waals surface area contributed by atoms with Gasteiger partial charge in [0.25, 0.3) is 0 Å². The van der Waals surface area contributed by atoms with Crippen LogP contribution in [0.2, 0.25) is 0 Å². The molecule has 0 saturated carbocycles. The molecule has 2 aromatic carbocycles. The highest BCUT2D eigenvalue weighted by Gasteiger charge is 2.17. The number of rotatable bonds is 5. The minimum Gasteiger partial charge on any atom is -0.313 e. The van der Waals surface area contributed by atoms with Crippen molar-refractivity contribution in [1.29, 1.82) is 0 Å². The van der Waals surface area contributed by atoms with E-state index in [-0.39, 0.29) is 11.1 Å². The fraction of sp³-hybridized carbons (Fsp3) is 0.250. The average Bonchev–Trinajstić information content (AvgIpc) is 2.46. The SMILES string of the molecule is CCCNCc1ccc(-c2ccc(F)c(F)c2F)c(F)c1. The van der Waals surface area contributed by atoms with Crippen LogP contribution in [0.25, 0.3) is 11.1 Å². The average molecular weight is 297 g/mol. The molecule has 21 heavy (non-hydrogen) atoms. The van der Waals surface area contributed by atoms with Crippen LogP contribution in [0.15, 0.2) is 30.3 Å². The Hall–Kier alpha value is -1.88. The van der Waals surface area contributed by atoms with Gasteiger partial charge in [-0.3, -0.25) is 0 Å². The number of nitrogens with one attached hydrogen (secondary N) is 1. The Labute approximate surface area is 120 Å². The van der Waals surface area contributed by atoms with Gasteiger partial charge in [0.15, 0.2) is 17.5 Å². The van der Waals surface area contributed by atoms with Crippen molar-refractivity contribution >= 4 is 0 Å². The molecule has 0 aliphatic rings. The third-order valence-corrected chi connectivity index (χ3v) is 3.11. The van der Waals surface area contributed by atoms with Crippen molar-refractivity contribution in [3.05, 3.63) is 59.2 Å². The highest BCUT2D eigenvalue weighted by molar-refractivity contribution is 5.65. The summed E-state index contributed by atoms with van der Waals surface area (Å²) in [4.78, 5) is 0. The molecule has 1 nitrogen and oxygen atoms in total. The van der Waals surface area contributed by atoms with Crippen LogP contribution in [-0.4, -0.2) is 6.54 Å². The largest absolute Gasteiger partial charge is 0.313 e. The van der Waals surface area contributed by atoms with Gasteiger partial charge in [0.2, 0.25) is 0 Å². The van der Waals surface area contributed by atoms with Crippen LogP contribution in [0.3, 0.4) is 0 Å². The van der Waals surface area contributed by atoms with Gasteiger partial charge in [-0.15, -0.1) is 0 Å². The zero-order valence-corrected chi connectivity index (χ0v) is 11.5. The van der Waals surface area contributed by atoms with Crippen LogP contribution in [0, 0.1) is 23.3 Å². The molecule has 1 N–H and O–H groups in total. The van der Waals surface area contributed by atoms with E-state index in [9.17, 15) is 17.6 Å². The van der Waals surface area contributed by atoms with Crippen LogP contribution in [0.4, 0.5) is 17.6 Å². The summed E-state index contributed by atoms with van der Waals surface area (Å²) in [6.07, 6.45) is 0.959. The monoisotopic (exact) mass is 297 g/mol. The molecule has 0 aromatic heterocycles. The summed E-state index contributed by atoms with van der Waals surface area (Å²) in [6, 6.07) is 6.07. The zero-order valence-electron chi connectivity index (χ0n) is 11.5. The molecule has 0 aliphatic heterocycles. The lowest BCUT2D eigenvalue weighted by Crippen LogP contribution is -2.13. The van der Waals surface area contributed by atoms with Gasteiger partial charge >= 0.3 is 0 Å². The first-order valence-corrected chi connectivity index (χ1v) is 6.67. The fourth-order valence-electron chi connectivity index (χ4n) is 2.03. The third kappa shape index (κ3) is 3.42. The van der Waals surface area contributed by atoms with Gasteiger partial charge < -0.3 is 5.32 Å². The first kappa shape index (κ1) is 15.5. The summed E-state index contributed by atoms with van der Waals surface area (Å²) in [5.41, 5.74) is 0.317. The lowest BCUT2D eigenvalue weighted by molar-refractivity contribution is 0.448. The van der Waals surface area contributed by atoms with Crippen molar-refractivity contribution in [2.24, 2.45) is 0 Å². The Kier molecular flexibility index (Phi) is 4.96. The maximum Gasteiger partial charge on any atom is 0.195 e. The van der Waals surface area contributed by atoms with E-state index in [0.717, 1.165) is 25.1 Å². The van der Waals surface area contributed by atoms with Crippen molar-refractivity contribution < 1.29 is 17.6 Å². The molecule has 112 valence electrons. The second kappa shape index (κ2) is 6.72. The van der Waals surface area contributed by atoms with Crippen molar-refractivity contribution in [3.63, 3.8) is 0 Å². The van der Waals surface area contributed by atoms with Gasteiger partial charge in [-0.25, -0.2) is 17.6 Å². The number of hydrogen-bond acceptors (Lipinski definition) is 1. The van der Waals surface area contributed by atoms with Gasteiger partial charge in [0.05, 0.1) is 0 Å². The van der Waals surface area contributed by atoms with Crippen LogP contribution >= 0.6 is 0 Å². The molecular weight excluding hydrogens is 282 g/mol. The molecule has 0 amide bonds. The van der Waals surface area contributed by atoms with E-state index in [1.54, 1.807) is 6.07 Å². The number of hydrogen-bond donors (Lipinski definition) is 1. The second-order valence-electron chi connectivity index (χ2n) is 4.71. The fourth-order valence-corrected chi connectivity index (χ4v) is 2.03. The van der Waals surface area contributed by atoms with Crippen molar-refractivity contribution in [3.8, 4) is 11.1 Å². The number of halogens is 4. The van der Waals surface area contributed by atoms with Crippen molar-refractivity contribution in [2.75, 3.05) is 6.54 Å². The van der Waals surface area contributed by atoms with Gasteiger partial charge in [0, 0.05) is 17.7 Å². The normalized spacial score (nSPS) is 10.9. The highest BCUT2D eigenvalue weighted by atomic mass is 19.2. The van der Waals surface area contributed by atoms with E-state index in [1.165, 1.54) is 12.1 Å². The Morgan fingerprint density at radius 3 is 2.24 bits per heavy atom. The molecule has 0 bridgehead atoms. The standard InChI is InChI=1S/C16H15F4N/c1-2-7-21-9-10-3-4-11(14(18)8-10)12-5-6-13(17)16(20)15(12)19/h3-6,8,21H,2,7,9H2,1H3. The molecule has 0 spiro atoms. The van der Waals surface area contributed by atoms with E-state index >= 15 is 0 Å². The predicted octanol–water partition coefficient (Wildman–Crippen LogP) is 4.41. The molecule has 0 fully saturated rings. The lowest BCUT2D eigenvalue weighted by Gasteiger charge is -2.09. The molecule has 0 atom stereocenters. The van der Waals surface area contributed by atoms with Gasteiger partial charge in [0.1, 0.15) is 5.82 Å². The maximum absolute atomic E-state index is 14.0. The van der Waals surface area contributed by atoms with E-state index in [4.69, 9.17) is 0 Å². The molecule has 0 saturated heterocycles.